The standard InChI is InChI=1S/C9H13F2N/c10-9(11)5-7-4-8-2-1-3-12(8)6-7/h5,7-8H,1-4,6H2. The largest absolute Gasteiger partial charge is 0.300 e. The Kier molecular flexibility index (Phi) is 2.13. The van der Waals surface area contributed by atoms with Gasteiger partial charge < -0.3 is 0 Å². The minimum atomic E-state index is -1.51. The molecule has 0 bridgehead atoms. The third kappa shape index (κ3) is 1.51. The zero-order valence-corrected chi connectivity index (χ0v) is 6.97. The van der Waals surface area contributed by atoms with Crippen LogP contribution >= 0.6 is 0 Å². The zero-order valence-electron chi connectivity index (χ0n) is 6.97. The van der Waals surface area contributed by atoms with Crippen molar-refractivity contribution in [3.8, 4) is 0 Å². The Labute approximate surface area is 71.0 Å². The van der Waals surface area contributed by atoms with Crippen LogP contribution in [-0.4, -0.2) is 24.0 Å². The molecule has 0 amide bonds. The highest BCUT2D eigenvalue weighted by molar-refractivity contribution is 4.99. The molecule has 2 fully saturated rings. The molecule has 0 radical (unpaired) electrons. The molecule has 3 heteroatoms. The molecule has 0 aromatic heterocycles. The molecule has 2 atom stereocenters. The van der Waals surface area contributed by atoms with Crippen LogP contribution in [0.1, 0.15) is 19.3 Å². The molecule has 0 aromatic rings. The molecule has 2 aliphatic heterocycles. The molecule has 2 aliphatic rings. The molecule has 2 rings (SSSR count). The van der Waals surface area contributed by atoms with Gasteiger partial charge in [-0.15, -0.1) is 0 Å². The lowest BCUT2D eigenvalue weighted by molar-refractivity contribution is 0.320. The van der Waals surface area contributed by atoms with Crippen LogP contribution in [0.25, 0.3) is 0 Å². The van der Waals surface area contributed by atoms with Crippen molar-refractivity contribution in [1.82, 2.24) is 4.90 Å². The fourth-order valence-electron chi connectivity index (χ4n) is 2.43. The van der Waals surface area contributed by atoms with Crippen LogP contribution in [0.4, 0.5) is 8.78 Å². The normalized spacial score (nSPS) is 35.2. The van der Waals surface area contributed by atoms with Crippen LogP contribution in [0.5, 0.6) is 0 Å². The summed E-state index contributed by atoms with van der Waals surface area (Å²) in [6, 6.07) is 0.602. The number of hydrogen-bond donors (Lipinski definition) is 0. The van der Waals surface area contributed by atoms with Crippen molar-refractivity contribution in [3.05, 3.63) is 12.2 Å². The summed E-state index contributed by atoms with van der Waals surface area (Å²) in [7, 11) is 0. The predicted molar refractivity (Wildman–Crippen MR) is 43.0 cm³/mol. The first-order valence-electron chi connectivity index (χ1n) is 4.52. The predicted octanol–water partition coefficient (Wildman–Crippen LogP) is 2.25. The molecule has 0 spiro atoms. The van der Waals surface area contributed by atoms with Crippen molar-refractivity contribution >= 4 is 0 Å². The van der Waals surface area contributed by atoms with Gasteiger partial charge in [0.2, 0.25) is 0 Å². The molecular formula is C9H13F2N. The van der Waals surface area contributed by atoms with Crippen LogP contribution in [0.15, 0.2) is 12.2 Å². The van der Waals surface area contributed by atoms with Crippen LogP contribution < -0.4 is 0 Å². The monoisotopic (exact) mass is 173 g/mol. The van der Waals surface area contributed by atoms with Gasteiger partial charge in [-0.05, 0) is 37.8 Å². The van der Waals surface area contributed by atoms with Gasteiger partial charge in [0.25, 0.3) is 6.08 Å². The van der Waals surface area contributed by atoms with E-state index in [9.17, 15) is 8.78 Å². The van der Waals surface area contributed by atoms with Crippen LogP contribution in [0, 0.1) is 5.92 Å². The molecule has 68 valence electrons. The second kappa shape index (κ2) is 3.13. The minimum absolute atomic E-state index is 0.111. The maximum absolute atomic E-state index is 11.9. The third-order valence-electron chi connectivity index (χ3n) is 2.90. The SMILES string of the molecule is FC(F)=CC1CC2CCCN2C1. The minimum Gasteiger partial charge on any atom is -0.300 e. The van der Waals surface area contributed by atoms with Gasteiger partial charge in [-0.1, -0.05) is 0 Å². The Morgan fingerprint density at radius 2 is 2.25 bits per heavy atom. The second-order valence-electron chi connectivity index (χ2n) is 3.74. The zero-order chi connectivity index (χ0) is 8.55. The Hall–Kier alpha value is -0.440. The van der Waals surface area contributed by atoms with Gasteiger partial charge in [0.15, 0.2) is 0 Å². The van der Waals surface area contributed by atoms with E-state index in [2.05, 4.69) is 4.90 Å². The number of fused-ring (bicyclic) bond motifs is 1. The molecule has 2 heterocycles. The summed E-state index contributed by atoms with van der Waals surface area (Å²) in [5.41, 5.74) is 0. The molecular weight excluding hydrogens is 160 g/mol. The van der Waals surface area contributed by atoms with Crippen molar-refractivity contribution in [2.45, 2.75) is 25.3 Å². The summed E-state index contributed by atoms with van der Waals surface area (Å²) in [4.78, 5) is 2.34. The molecule has 2 unspecified atom stereocenters. The molecule has 2 saturated heterocycles. The van der Waals surface area contributed by atoms with E-state index in [-0.39, 0.29) is 5.92 Å². The van der Waals surface area contributed by atoms with Gasteiger partial charge in [0, 0.05) is 12.6 Å². The Morgan fingerprint density at radius 1 is 1.42 bits per heavy atom. The highest BCUT2D eigenvalue weighted by Gasteiger charge is 2.34. The van der Waals surface area contributed by atoms with Gasteiger partial charge in [0.05, 0.1) is 0 Å². The molecule has 1 nitrogen and oxygen atoms in total. The summed E-state index contributed by atoms with van der Waals surface area (Å²) in [6.45, 7) is 1.96. The number of halogens is 2. The average molecular weight is 173 g/mol. The van der Waals surface area contributed by atoms with Crippen molar-refractivity contribution < 1.29 is 8.78 Å². The van der Waals surface area contributed by atoms with Gasteiger partial charge >= 0.3 is 0 Å². The van der Waals surface area contributed by atoms with Crippen molar-refractivity contribution in [3.63, 3.8) is 0 Å². The lowest BCUT2D eigenvalue weighted by Gasteiger charge is -2.12. The van der Waals surface area contributed by atoms with E-state index in [1.807, 2.05) is 0 Å². The fourth-order valence-corrected chi connectivity index (χ4v) is 2.43. The van der Waals surface area contributed by atoms with E-state index < -0.39 is 6.08 Å². The highest BCUT2D eigenvalue weighted by Crippen LogP contribution is 2.32. The van der Waals surface area contributed by atoms with Gasteiger partial charge in [-0.3, -0.25) is 4.90 Å². The summed E-state index contributed by atoms with van der Waals surface area (Å²) in [5.74, 6) is 0.111. The van der Waals surface area contributed by atoms with Crippen LogP contribution in [0.3, 0.4) is 0 Å². The summed E-state index contributed by atoms with van der Waals surface area (Å²) in [6.07, 6.45) is 3.01. The lowest BCUT2D eigenvalue weighted by Crippen LogP contribution is -2.22. The van der Waals surface area contributed by atoms with Gasteiger partial charge in [-0.25, -0.2) is 0 Å². The van der Waals surface area contributed by atoms with E-state index in [0.29, 0.717) is 6.04 Å². The van der Waals surface area contributed by atoms with E-state index in [4.69, 9.17) is 0 Å². The van der Waals surface area contributed by atoms with Crippen molar-refractivity contribution in [2.24, 2.45) is 5.92 Å². The van der Waals surface area contributed by atoms with Crippen LogP contribution in [-0.2, 0) is 0 Å². The number of nitrogens with zero attached hydrogens (tertiary/aromatic N) is 1. The Balaban J connectivity index is 1.95. The molecule has 12 heavy (non-hydrogen) atoms. The molecule has 0 saturated carbocycles. The molecule has 0 aromatic carbocycles. The first-order chi connectivity index (χ1) is 5.75. The average Bonchev–Trinajstić information content (AvgIpc) is 2.43. The maximum Gasteiger partial charge on any atom is 0.266 e. The highest BCUT2D eigenvalue weighted by atomic mass is 19.3. The van der Waals surface area contributed by atoms with Gasteiger partial charge in [-0.2, -0.15) is 8.78 Å². The van der Waals surface area contributed by atoms with E-state index in [0.717, 1.165) is 25.6 Å². The van der Waals surface area contributed by atoms with Gasteiger partial charge in [0.1, 0.15) is 0 Å². The lowest BCUT2D eigenvalue weighted by atomic mass is 10.0. The number of rotatable bonds is 1. The van der Waals surface area contributed by atoms with E-state index in [1.165, 1.54) is 12.8 Å². The Morgan fingerprint density at radius 3 is 2.92 bits per heavy atom. The first-order valence-corrected chi connectivity index (χ1v) is 4.52. The summed E-state index contributed by atoms with van der Waals surface area (Å²) >= 11 is 0. The quantitative estimate of drug-likeness (QED) is 0.588. The smallest absolute Gasteiger partial charge is 0.266 e. The van der Waals surface area contributed by atoms with E-state index in [1.54, 1.807) is 0 Å². The van der Waals surface area contributed by atoms with Crippen molar-refractivity contribution in [2.75, 3.05) is 13.1 Å². The third-order valence-corrected chi connectivity index (χ3v) is 2.90. The maximum atomic E-state index is 11.9. The second-order valence-corrected chi connectivity index (χ2v) is 3.74. The number of hydrogen-bond acceptors (Lipinski definition) is 1. The fraction of sp³-hybridized carbons (Fsp3) is 0.778. The van der Waals surface area contributed by atoms with Crippen molar-refractivity contribution in [1.29, 1.82) is 0 Å². The Bertz CT molecular complexity index is 187. The van der Waals surface area contributed by atoms with E-state index >= 15 is 0 Å². The first kappa shape index (κ1) is 8.17. The topological polar surface area (TPSA) is 3.24 Å². The van der Waals surface area contributed by atoms with Crippen LogP contribution in [0.2, 0.25) is 0 Å². The summed E-state index contributed by atoms with van der Waals surface area (Å²) < 4.78 is 23.8. The molecule has 0 N–H and O–H groups in total. The molecule has 0 aliphatic carbocycles. The summed E-state index contributed by atoms with van der Waals surface area (Å²) in [5, 5.41) is 0.